The number of nitrogens with one attached hydrogen (secondary N) is 2. The van der Waals surface area contributed by atoms with Gasteiger partial charge in [0.15, 0.2) is 23.1 Å². The zero-order chi connectivity index (χ0) is 20.9. The van der Waals surface area contributed by atoms with Gasteiger partial charge in [-0.25, -0.2) is 19.2 Å². The van der Waals surface area contributed by atoms with E-state index in [4.69, 9.17) is 14.6 Å². The molecule has 0 spiro atoms. The number of aliphatic carboxylic acids is 1. The van der Waals surface area contributed by atoms with Crippen LogP contribution in [-0.2, 0) is 4.79 Å². The second-order valence-corrected chi connectivity index (χ2v) is 6.15. The Morgan fingerprint density at radius 3 is 2.73 bits per heavy atom. The van der Waals surface area contributed by atoms with Crippen LogP contribution in [0.5, 0.6) is 11.5 Å². The first-order valence-corrected chi connectivity index (χ1v) is 8.90. The molecule has 3 N–H and O–H groups in total. The molecule has 0 atom stereocenters. The van der Waals surface area contributed by atoms with Gasteiger partial charge >= 0.3 is 5.97 Å². The molecule has 10 heteroatoms. The zero-order valence-corrected chi connectivity index (χ0v) is 15.5. The molecular formula is C20H16FN5O4. The number of ether oxygens (including phenoxy) is 2. The van der Waals surface area contributed by atoms with Crippen molar-refractivity contribution in [3.63, 3.8) is 0 Å². The van der Waals surface area contributed by atoms with Gasteiger partial charge in [0.2, 0.25) is 5.95 Å². The molecule has 0 unspecified atom stereocenters. The number of aromatic nitrogens is 2. The highest BCUT2D eigenvalue weighted by Gasteiger charge is 2.13. The van der Waals surface area contributed by atoms with Crippen molar-refractivity contribution in [1.82, 2.24) is 9.97 Å². The van der Waals surface area contributed by atoms with Crippen molar-refractivity contribution >= 4 is 41.0 Å². The Labute approximate surface area is 170 Å². The number of hydrogen-bond acceptors (Lipinski definition) is 8. The van der Waals surface area contributed by atoms with E-state index in [1.54, 1.807) is 42.5 Å². The normalized spacial score (nSPS) is 12.6. The standard InChI is InChI=1S/C20H16FN5O4/c21-15-10-23-20(25-13-3-1-2-12(8-13)22-11-18(27)28)26-19(15)24-14-4-5-16-17(9-14)30-7-6-29-16/h1-5,8-11H,6-7H2,(H,27,28)(H2,23,24,25,26)/b22-11+. The van der Waals surface area contributed by atoms with Crippen LogP contribution in [0.3, 0.4) is 0 Å². The molecule has 2 aromatic carbocycles. The lowest BCUT2D eigenvalue weighted by Gasteiger charge is -2.19. The number of hydrogen-bond donors (Lipinski definition) is 3. The molecule has 30 heavy (non-hydrogen) atoms. The lowest BCUT2D eigenvalue weighted by molar-refractivity contribution is -0.128. The smallest absolute Gasteiger partial charge is 0.346 e. The van der Waals surface area contributed by atoms with Gasteiger partial charge in [-0.15, -0.1) is 0 Å². The zero-order valence-electron chi connectivity index (χ0n) is 15.5. The average molecular weight is 409 g/mol. The summed E-state index contributed by atoms with van der Waals surface area (Å²) >= 11 is 0. The summed E-state index contributed by atoms with van der Waals surface area (Å²) in [5.74, 6) is -0.457. The molecule has 2 heterocycles. The first kappa shape index (κ1) is 19.1. The number of anilines is 4. The summed E-state index contributed by atoms with van der Waals surface area (Å²) < 4.78 is 25.2. The lowest BCUT2D eigenvalue weighted by Crippen LogP contribution is -2.15. The molecule has 1 aliphatic heterocycles. The van der Waals surface area contributed by atoms with Gasteiger partial charge in [0.25, 0.3) is 0 Å². The second kappa shape index (κ2) is 8.43. The van der Waals surface area contributed by atoms with E-state index in [0.29, 0.717) is 41.8 Å². The van der Waals surface area contributed by atoms with E-state index in [1.165, 1.54) is 0 Å². The maximum atomic E-state index is 14.2. The molecule has 1 aliphatic rings. The number of benzene rings is 2. The molecule has 3 aromatic rings. The number of fused-ring (bicyclic) bond motifs is 1. The summed E-state index contributed by atoms with van der Waals surface area (Å²) in [6.07, 6.45) is 1.84. The Morgan fingerprint density at radius 2 is 1.90 bits per heavy atom. The van der Waals surface area contributed by atoms with Crippen molar-refractivity contribution in [2.45, 2.75) is 0 Å². The van der Waals surface area contributed by atoms with Crippen molar-refractivity contribution in [2.75, 3.05) is 23.8 Å². The van der Waals surface area contributed by atoms with Crippen molar-refractivity contribution in [3.05, 3.63) is 54.5 Å². The highest BCUT2D eigenvalue weighted by atomic mass is 19.1. The van der Waals surface area contributed by atoms with Gasteiger partial charge in [-0.1, -0.05) is 6.07 Å². The van der Waals surface area contributed by atoms with Crippen LogP contribution in [0.1, 0.15) is 0 Å². The van der Waals surface area contributed by atoms with Crippen LogP contribution < -0.4 is 20.1 Å². The van der Waals surface area contributed by atoms with Crippen molar-refractivity contribution in [3.8, 4) is 11.5 Å². The van der Waals surface area contributed by atoms with Crippen molar-refractivity contribution in [2.24, 2.45) is 4.99 Å². The molecule has 9 nitrogen and oxygen atoms in total. The highest BCUT2D eigenvalue weighted by Crippen LogP contribution is 2.33. The van der Waals surface area contributed by atoms with Gasteiger partial charge in [0.05, 0.1) is 11.9 Å². The fourth-order valence-corrected chi connectivity index (χ4v) is 2.70. The average Bonchev–Trinajstić information content (AvgIpc) is 2.75. The van der Waals surface area contributed by atoms with E-state index in [-0.39, 0.29) is 11.8 Å². The lowest BCUT2D eigenvalue weighted by atomic mass is 10.2. The predicted molar refractivity (Wildman–Crippen MR) is 108 cm³/mol. The van der Waals surface area contributed by atoms with Crippen LogP contribution in [0.4, 0.5) is 33.2 Å². The van der Waals surface area contributed by atoms with Gasteiger partial charge in [-0.05, 0) is 30.3 Å². The molecule has 152 valence electrons. The van der Waals surface area contributed by atoms with E-state index >= 15 is 0 Å². The van der Waals surface area contributed by atoms with Crippen LogP contribution >= 0.6 is 0 Å². The predicted octanol–water partition coefficient (Wildman–Crippen LogP) is 3.66. The maximum absolute atomic E-state index is 14.2. The number of rotatable bonds is 6. The minimum atomic E-state index is -1.15. The van der Waals surface area contributed by atoms with E-state index in [1.807, 2.05) is 0 Å². The molecule has 0 radical (unpaired) electrons. The Bertz CT molecular complexity index is 1120. The third-order valence-corrected chi connectivity index (χ3v) is 3.98. The molecule has 0 saturated carbocycles. The number of nitrogens with zero attached hydrogens (tertiary/aromatic N) is 3. The molecule has 0 saturated heterocycles. The summed E-state index contributed by atoms with van der Waals surface area (Å²) in [6.45, 7) is 0.931. The fourth-order valence-electron chi connectivity index (χ4n) is 2.70. The maximum Gasteiger partial charge on any atom is 0.346 e. The molecular weight excluding hydrogens is 393 g/mol. The van der Waals surface area contributed by atoms with E-state index < -0.39 is 11.8 Å². The molecule has 1 aromatic heterocycles. The first-order chi connectivity index (χ1) is 14.6. The molecule has 0 aliphatic carbocycles. The van der Waals surface area contributed by atoms with E-state index in [9.17, 15) is 9.18 Å². The number of halogens is 1. The van der Waals surface area contributed by atoms with Gasteiger partial charge < -0.3 is 25.2 Å². The van der Waals surface area contributed by atoms with Crippen molar-refractivity contribution in [1.29, 1.82) is 0 Å². The molecule has 4 rings (SSSR count). The monoisotopic (exact) mass is 409 g/mol. The second-order valence-electron chi connectivity index (χ2n) is 6.15. The molecule has 0 amide bonds. The number of carboxylic acids is 1. The Balaban J connectivity index is 1.52. The van der Waals surface area contributed by atoms with Crippen LogP contribution in [0, 0.1) is 5.82 Å². The summed E-state index contributed by atoms with van der Waals surface area (Å²) in [4.78, 5) is 22.5. The van der Waals surface area contributed by atoms with Gasteiger partial charge in [0.1, 0.15) is 19.4 Å². The summed E-state index contributed by atoms with van der Waals surface area (Å²) in [6, 6.07) is 11.8. The topological polar surface area (TPSA) is 118 Å². The number of carboxylic acid groups (broad SMARTS) is 1. The molecule has 0 fully saturated rings. The SMILES string of the molecule is O=C(O)/C=N/c1cccc(Nc2ncc(F)c(Nc3ccc4c(c3)OCCO4)n2)c1. The van der Waals surface area contributed by atoms with Gasteiger partial charge in [-0.2, -0.15) is 4.98 Å². The summed E-state index contributed by atoms with van der Waals surface area (Å²) in [5, 5.41) is 14.5. The minimum absolute atomic E-state index is 0.0239. The Morgan fingerprint density at radius 1 is 1.10 bits per heavy atom. The Hall–Kier alpha value is -4.21. The fraction of sp³-hybridized carbons (Fsp3) is 0.100. The summed E-state index contributed by atoms with van der Waals surface area (Å²) in [7, 11) is 0. The van der Waals surface area contributed by atoms with Crippen LogP contribution in [0.25, 0.3) is 0 Å². The highest BCUT2D eigenvalue weighted by molar-refractivity contribution is 6.22. The third-order valence-electron chi connectivity index (χ3n) is 3.98. The van der Waals surface area contributed by atoms with E-state index in [0.717, 1.165) is 12.4 Å². The van der Waals surface area contributed by atoms with Gasteiger partial charge in [-0.3, -0.25) is 0 Å². The van der Waals surface area contributed by atoms with E-state index in [2.05, 4.69) is 25.6 Å². The summed E-state index contributed by atoms with van der Waals surface area (Å²) in [5.41, 5.74) is 1.57. The number of carbonyl (C=O) groups is 1. The van der Waals surface area contributed by atoms with Crippen LogP contribution in [-0.4, -0.2) is 40.5 Å². The first-order valence-electron chi connectivity index (χ1n) is 8.90. The third kappa shape index (κ3) is 4.61. The van der Waals surface area contributed by atoms with Crippen LogP contribution in [0.15, 0.2) is 53.7 Å². The largest absolute Gasteiger partial charge is 0.486 e. The van der Waals surface area contributed by atoms with Gasteiger partial charge in [0, 0.05) is 17.4 Å². The minimum Gasteiger partial charge on any atom is -0.486 e. The quantitative estimate of drug-likeness (QED) is 0.528. The Kier molecular flexibility index (Phi) is 5.37. The number of aliphatic imine (C=N–C) groups is 1. The van der Waals surface area contributed by atoms with Crippen LogP contribution in [0.2, 0.25) is 0 Å². The van der Waals surface area contributed by atoms with Crippen molar-refractivity contribution < 1.29 is 23.8 Å². The molecule has 0 bridgehead atoms.